The third-order valence-corrected chi connectivity index (χ3v) is 5.14. The molecule has 1 N–H and O–H groups in total. The number of nitrogens with zero attached hydrogens (tertiary/aromatic N) is 3. The second-order valence-corrected chi connectivity index (χ2v) is 7.97. The predicted molar refractivity (Wildman–Crippen MR) is 116 cm³/mol. The number of aromatic nitrogens is 3. The standard InChI is InChI=1S/C23H28N4O3/c1-16(2)10-12-27-21(26-18-5-4-11-24-23(18)27)6-3-7-22(28)25-17-8-9-19-20(15-17)30-14-13-29-19/h4-5,8-9,11,15-16H,3,6-7,10,12-14H2,1-2H3,(H,25,28). The lowest BCUT2D eigenvalue weighted by molar-refractivity contribution is -0.116. The number of benzene rings is 1. The number of pyridine rings is 1. The molecule has 7 nitrogen and oxygen atoms in total. The van der Waals surface area contributed by atoms with Crippen LogP contribution in [0.4, 0.5) is 5.69 Å². The number of rotatable bonds is 8. The van der Waals surface area contributed by atoms with E-state index < -0.39 is 0 Å². The van der Waals surface area contributed by atoms with Crippen molar-refractivity contribution in [1.82, 2.24) is 14.5 Å². The van der Waals surface area contributed by atoms with Crippen LogP contribution in [0.25, 0.3) is 11.2 Å². The molecule has 3 aromatic rings. The number of fused-ring (bicyclic) bond motifs is 2. The molecule has 0 saturated heterocycles. The Morgan fingerprint density at radius 1 is 1.20 bits per heavy atom. The number of carbonyl (C=O) groups excluding carboxylic acids is 1. The molecule has 2 aromatic heterocycles. The molecule has 0 atom stereocenters. The number of hydrogen-bond acceptors (Lipinski definition) is 5. The number of amides is 1. The molecular formula is C23H28N4O3. The van der Waals surface area contributed by atoms with E-state index >= 15 is 0 Å². The van der Waals surface area contributed by atoms with E-state index in [4.69, 9.17) is 14.5 Å². The fraction of sp³-hybridized carbons (Fsp3) is 0.435. The molecule has 1 aliphatic rings. The Morgan fingerprint density at radius 3 is 2.87 bits per heavy atom. The number of anilines is 1. The van der Waals surface area contributed by atoms with Crippen LogP contribution in [0.3, 0.4) is 0 Å². The highest BCUT2D eigenvalue weighted by molar-refractivity contribution is 5.91. The zero-order chi connectivity index (χ0) is 20.9. The van der Waals surface area contributed by atoms with E-state index in [9.17, 15) is 4.79 Å². The second kappa shape index (κ2) is 9.15. The summed E-state index contributed by atoms with van der Waals surface area (Å²) in [4.78, 5) is 21.7. The summed E-state index contributed by atoms with van der Waals surface area (Å²) < 4.78 is 13.3. The smallest absolute Gasteiger partial charge is 0.224 e. The van der Waals surface area contributed by atoms with Crippen molar-refractivity contribution in [3.05, 3.63) is 42.4 Å². The molecule has 1 aliphatic heterocycles. The van der Waals surface area contributed by atoms with Crippen molar-refractivity contribution in [2.45, 2.75) is 46.1 Å². The first-order valence-electron chi connectivity index (χ1n) is 10.6. The predicted octanol–water partition coefficient (Wildman–Crippen LogP) is 4.21. The van der Waals surface area contributed by atoms with Crippen LogP contribution >= 0.6 is 0 Å². The highest BCUT2D eigenvalue weighted by Crippen LogP contribution is 2.32. The topological polar surface area (TPSA) is 78.3 Å². The Hall–Kier alpha value is -3.09. The maximum atomic E-state index is 12.4. The van der Waals surface area contributed by atoms with Gasteiger partial charge in [0.25, 0.3) is 0 Å². The van der Waals surface area contributed by atoms with Gasteiger partial charge in [-0.3, -0.25) is 4.79 Å². The minimum absolute atomic E-state index is 0.0188. The van der Waals surface area contributed by atoms with E-state index in [1.165, 1.54) is 0 Å². The molecule has 4 rings (SSSR count). The SMILES string of the molecule is CC(C)CCn1c(CCCC(=O)Nc2ccc3c(c2)OCCO3)nc2cccnc21. The summed E-state index contributed by atoms with van der Waals surface area (Å²) in [5.41, 5.74) is 2.56. The van der Waals surface area contributed by atoms with Gasteiger partial charge >= 0.3 is 0 Å². The van der Waals surface area contributed by atoms with E-state index in [2.05, 4.69) is 28.7 Å². The number of nitrogens with one attached hydrogen (secondary N) is 1. The van der Waals surface area contributed by atoms with Crippen LogP contribution < -0.4 is 14.8 Å². The Morgan fingerprint density at radius 2 is 2.03 bits per heavy atom. The molecule has 0 saturated carbocycles. The lowest BCUT2D eigenvalue weighted by Gasteiger charge is -2.19. The summed E-state index contributed by atoms with van der Waals surface area (Å²) >= 11 is 0. The first-order valence-corrected chi connectivity index (χ1v) is 10.6. The maximum Gasteiger partial charge on any atom is 0.224 e. The number of aryl methyl sites for hydroxylation is 2. The monoisotopic (exact) mass is 408 g/mol. The lowest BCUT2D eigenvalue weighted by Crippen LogP contribution is -2.16. The average Bonchev–Trinajstić information content (AvgIpc) is 3.09. The Kier molecular flexibility index (Phi) is 6.16. The third-order valence-electron chi connectivity index (χ3n) is 5.14. The molecule has 158 valence electrons. The summed E-state index contributed by atoms with van der Waals surface area (Å²) in [6.45, 7) is 6.40. The van der Waals surface area contributed by atoms with Gasteiger partial charge in [-0.1, -0.05) is 13.8 Å². The fourth-order valence-corrected chi connectivity index (χ4v) is 3.57. The van der Waals surface area contributed by atoms with Gasteiger partial charge in [0.2, 0.25) is 5.91 Å². The largest absolute Gasteiger partial charge is 0.486 e. The maximum absolute atomic E-state index is 12.4. The minimum Gasteiger partial charge on any atom is -0.486 e. The van der Waals surface area contributed by atoms with Crippen LogP contribution in [-0.2, 0) is 17.8 Å². The van der Waals surface area contributed by atoms with Gasteiger partial charge in [0.05, 0.1) is 0 Å². The van der Waals surface area contributed by atoms with Crippen molar-refractivity contribution in [3.8, 4) is 11.5 Å². The van der Waals surface area contributed by atoms with Crippen LogP contribution in [0.1, 0.15) is 38.9 Å². The first-order chi connectivity index (χ1) is 14.6. The molecule has 1 amide bonds. The van der Waals surface area contributed by atoms with Gasteiger partial charge in [0.15, 0.2) is 17.1 Å². The van der Waals surface area contributed by atoms with E-state index in [0.717, 1.165) is 48.5 Å². The Labute approximate surface area is 176 Å². The van der Waals surface area contributed by atoms with Crippen LogP contribution in [0.15, 0.2) is 36.5 Å². The number of hydrogen-bond donors (Lipinski definition) is 1. The molecule has 0 bridgehead atoms. The molecule has 0 aliphatic carbocycles. The van der Waals surface area contributed by atoms with Crippen LogP contribution in [0.5, 0.6) is 11.5 Å². The van der Waals surface area contributed by atoms with Gasteiger partial charge in [0.1, 0.15) is 24.6 Å². The van der Waals surface area contributed by atoms with Gasteiger partial charge in [-0.05, 0) is 43.0 Å². The average molecular weight is 409 g/mol. The van der Waals surface area contributed by atoms with Gasteiger partial charge in [0, 0.05) is 37.3 Å². The summed E-state index contributed by atoms with van der Waals surface area (Å²) in [5.74, 6) is 2.97. The second-order valence-electron chi connectivity index (χ2n) is 7.97. The van der Waals surface area contributed by atoms with E-state index in [-0.39, 0.29) is 5.91 Å². The van der Waals surface area contributed by atoms with Crippen molar-refractivity contribution in [3.63, 3.8) is 0 Å². The zero-order valence-corrected chi connectivity index (χ0v) is 17.6. The van der Waals surface area contributed by atoms with Crippen molar-refractivity contribution in [2.75, 3.05) is 18.5 Å². The molecule has 0 unspecified atom stereocenters. The van der Waals surface area contributed by atoms with Crippen molar-refractivity contribution in [1.29, 1.82) is 0 Å². The molecule has 3 heterocycles. The van der Waals surface area contributed by atoms with E-state index in [1.54, 1.807) is 6.20 Å². The van der Waals surface area contributed by atoms with Crippen LogP contribution in [-0.4, -0.2) is 33.7 Å². The molecule has 0 radical (unpaired) electrons. The fourth-order valence-electron chi connectivity index (χ4n) is 3.57. The highest BCUT2D eigenvalue weighted by atomic mass is 16.6. The zero-order valence-electron chi connectivity index (χ0n) is 17.6. The summed E-state index contributed by atoms with van der Waals surface area (Å²) in [7, 11) is 0. The van der Waals surface area contributed by atoms with E-state index in [0.29, 0.717) is 37.1 Å². The summed E-state index contributed by atoms with van der Waals surface area (Å²) in [6, 6.07) is 9.37. The molecule has 1 aromatic carbocycles. The molecular weight excluding hydrogens is 380 g/mol. The molecule has 0 spiro atoms. The quantitative estimate of drug-likeness (QED) is 0.604. The van der Waals surface area contributed by atoms with Crippen LogP contribution in [0.2, 0.25) is 0 Å². The van der Waals surface area contributed by atoms with Gasteiger partial charge in [-0.15, -0.1) is 0 Å². The molecule has 30 heavy (non-hydrogen) atoms. The summed E-state index contributed by atoms with van der Waals surface area (Å²) in [5, 5.41) is 2.95. The number of ether oxygens (including phenoxy) is 2. The Bertz CT molecular complexity index is 1030. The first kappa shape index (κ1) is 20.2. The highest BCUT2D eigenvalue weighted by Gasteiger charge is 2.14. The normalized spacial score (nSPS) is 13.0. The third kappa shape index (κ3) is 4.72. The van der Waals surface area contributed by atoms with Crippen molar-refractivity contribution in [2.24, 2.45) is 5.92 Å². The van der Waals surface area contributed by atoms with Crippen molar-refractivity contribution < 1.29 is 14.3 Å². The van der Waals surface area contributed by atoms with Crippen LogP contribution in [0, 0.1) is 5.92 Å². The summed E-state index contributed by atoms with van der Waals surface area (Å²) in [6.07, 6.45) is 4.76. The van der Waals surface area contributed by atoms with Crippen molar-refractivity contribution >= 4 is 22.8 Å². The van der Waals surface area contributed by atoms with E-state index in [1.807, 2.05) is 30.3 Å². The van der Waals surface area contributed by atoms with Gasteiger partial charge < -0.3 is 19.4 Å². The molecule has 0 fully saturated rings. The van der Waals surface area contributed by atoms with Gasteiger partial charge in [-0.2, -0.15) is 0 Å². The number of imidazole rings is 1. The number of carbonyl (C=O) groups is 1. The Balaban J connectivity index is 1.36. The van der Waals surface area contributed by atoms with Gasteiger partial charge in [-0.25, -0.2) is 9.97 Å². The minimum atomic E-state index is -0.0188. The molecule has 7 heteroatoms. The lowest BCUT2D eigenvalue weighted by atomic mass is 10.1.